The summed E-state index contributed by atoms with van der Waals surface area (Å²) in [6.45, 7) is 1.91. The molecule has 0 unspecified atom stereocenters. The summed E-state index contributed by atoms with van der Waals surface area (Å²) < 4.78 is 1.62. The van der Waals surface area contributed by atoms with E-state index in [2.05, 4.69) is 5.32 Å². The van der Waals surface area contributed by atoms with Gasteiger partial charge in [0.1, 0.15) is 6.54 Å². The van der Waals surface area contributed by atoms with Crippen LogP contribution in [-0.2, 0) is 24.2 Å². The molecular weight excluding hydrogens is 230 g/mol. The molecule has 0 fully saturated rings. The lowest BCUT2D eigenvalue weighted by molar-refractivity contribution is -0.129. The zero-order valence-corrected chi connectivity index (χ0v) is 10.9. The predicted molar refractivity (Wildman–Crippen MR) is 69.7 cm³/mol. The standard InChI is InChI=1S/C13H19N3O2/c1-15(2)13(18)9-16-11-6-8-14-7-5-10(11)3-4-12(16)17/h3-4,14H,5-9H2,1-2H3. The monoisotopic (exact) mass is 249 g/mol. The Balaban J connectivity index is 2.39. The Bertz CT molecular complexity index is 505. The number of nitrogens with one attached hydrogen (secondary N) is 1. The van der Waals surface area contributed by atoms with E-state index in [0.29, 0.717) is 0 Å². The maximum atomic E-state index is 11.9. The van der Waals surface area contributed by atoms with Crippen molar-refractivity contribution in [1.82, 2.24) is 14.8 Å². The number of hydrogen-bond donors (Lipinski definition) is 1. The molecule has 5 nitrogen and oxygen atoms in total. The fraction of sp³-hybridized carbons (Fsp3) is 0.538. The highest BCUT2D eigenvalue weighted by Gasteiger charge is 2.15. The molecule has 0 saturated heterocycles. The van der Waals surface area contributed by atoms with Crippen molar-refractivity contribution in [3.05, 3.63) is 33.7 Å². The van der Waals surface area contributed by atoms with Gasteiger partial charge in [-0.2, -0.15) is 0 Å². The van der Waals surface area contributed by atoms with E-state index in [-0.39, 0.29) is 18.0 Å². The number of fused-ring (bicyclic) bond motifs is 1. The number of carbonyl (C=O) groups is 1. The van der Waals surface area contributed by atoms with Crippen LogP contribution in [0.5, 0.6) is 0 Å². The van der Waals surface area contributed by atoms with Crippen LogP contribution >= 0.6 is 0 Å². The Morgan fingerprint density at radius 1 is 1.33 bits per heavy atom. The van der Waals surface area contributed by atoms with Gasteiger partial charge >= 0.3 is 0 Å². The normalized spacial score (nSPS) is 14.8. The molecule has 98 valence electrons. The summed E-state index contributed by atoms with van der Waals surface area (Å²) in [6, 6.07) is 3.45. The number of hydrogen-bond acceptors (Lipinski definition) is 3. The predicted octanol–water partition coefficient (Wildman–Crippen LogP) is -0.375. The van der Waals surface area contributed by atoms with Gasteiger partial charge in [0.15, 0.2) is 0 Å². The Labute approximate surface area is 106 Å². The summed E-state index contributed by atoms with van der Waals surface area (Å²) >= 11 is 0. The number of amides is 1. The molecular formula is C13H19N3O2. The highest BCUT2D eigenvalue weighted by atomic mass is 16.2. The minimum Gasteiger partial charge on any atom is -0.347 e. The summed E-state index contributed by atoms with van der Waals surface area (Å²) in [4.78, 5) is 25.2. The maximum Gasteiger partial charge on any atom is 0.251 e. The molecule has 1 aromatic rings. The molecule has 0 spiro atoms. The molecule has 5 heteroatoms. The Morgan fingerprint density at radius 3 is 2.78 bits per heavy atom. The van der Waals surface area contributed by atoms with Crippen LogP contribution in [0, 0.1) is 0 Å². The van der Waals surface area contributed by atoms with Gasteiger partial charge in [0.05, 0.1) is 0 Å². The molecule has 1 aromatic heterocycles. The van der Waals surface area contributed by atoms with E-state index < -0.39 is 0 Å². The second-order valence-electron chi connectivity index (χ2n) is 4.77. The van der Waals surface area contributed by atoms with Gasteiger partial charge in [0, 0.05) is 38.8 Å². The highest BCUT2D eigenvalue weighted by Crippen LogP contribution is 2.11. The lowest BCUT2D eigenvalue weighted by atomic mass is 10.1. The molecule has 1 amide bonds. The molecule has 1 N–H and O–H groups in total. The van der Waals surface area contributed by atoms with Crippen LogP contribution in [0.2, 0.25) is 0 Å². The molecule has 0 atom stereocenters. The number of likely N-dealkylation sites (N-methyl/N-ethyl adjacent to an activating group) is 1. The van der Waals surface area contributed by atoms with Crippen molar-refractivity contribution < 1.29 is 4.79 Å². The molecule has 0 aliphatic carbocycles. The third kappa shape index (κ3) is 2.61. The summed E-state index contributed by atoms with van der Waals surface area (Å²) in [7, 11) is 3.41. The van der Waals surface area contributed by atoms with Crippen molar-refractivity contribution in [3.63, 3.8) is 0 Å². The molecule has 1 aliphatic heterocycles. The van der Waals surface area contributed by atoms with E-state index in [1.54, 1.807) is 24.7 Å². The number of rotatable bonds is 2. The highest BCUT2D eigenvalue weighted by molar-refractivity contribution is 5.75. The first-order chi connectivity index (χ1) is 8.59. The van der Waals surface area contributed by atoms with Crippen LogP contribution < -0.4 is 10.9 Å². The van der Waals surface area contributed by atoms with Crippen molar-refractivity contribution in [2.75, 3.05) is 27.2 Å². The third-order valence-electron chi connectivity index (χ3n) is 3.29. The average molecular weight is 249 g/mol. The second kappa shape index (κ2) is 5.35. The van der Waals surface area contributed by atoms with Crippen molar-refractivity contribution in [3.8, 4) is 0 Å². The van der Waals surface area contributed by atoms with Gasteiger partial charge < -0.3 is 14.8 Å². The Morgan fingerprint density at radius 2 is 2.06 bits per heavy atom. The molecule has 18 heavy (non-hydrogen) atoms. The van der Waals surface area contributed by atoms with E-state index >= 15 is 0 Å². The topological polar surface area (TPSA) is 54.3 Å². The molecule has 0 aromatic carbocycles. The number of nitrogens with zero attached hydrogens (tertiary/aromatic N) is 2. The molecule has 1 aliphatic rings. The lowest BCUT2D eigenvalue weighted by Crippen LogP contribution is -2.33. The summed E-state index contributed by atoms with van der Waals surface area (Å²) in [5.41, 5.74) is 2.08. The fourth-order valence-electron chi connectivity index (χ4n) is 2.19. The van der Waals surface area contributed by atoms with Crippen LogP contribution in [-0.4, -0.2) is 42.6 Å². The van der Waals surface area contributed by atoms with Crippen LogP contribution in [0.3, 0.4) is 0 Å². The van der Waals surface area contributed by atoms with Crippen LogP contribution in [0.4, 0.5) is 0 Å². The van der Waals surface area contributed by atoms with Crippen molar-refractivity contribution in [2.45, 2.75) is 19.4 Å². The van der Waals surface area contributed by atoms with Crippen LogP contribution in [0.15, 0.2) is 16.9 Å². The Kier molecular flexibility index (Phi) is 3.81. The Hall–Kier alpha value is -1.62. The van der Waals surface area contributed by atoms with E-state index in [1.807, 2.05) is 6.07 Å². The van der Waals surface area contributed by atoms with E-state index in [1.165, 1.54) is 10.5 Å². The largest absolute Gasteiger partial charge is 0.347 e. The summed E-state index contributed by atoms with van der Waals surface area (Å²) in [6.07, 6.45) is 1.71. The van der Waals surface area contributed by atoms with E-state index in [0.717, 1.165) is 31.6 Å². The minimum atomic E-state index is -0.0918. The van der Waals surface area contributed by atoms with Crippen LogP contribution in [0.1, 0.15) is 11.3 Å². The van der Waals surface area contributed by atoms with Gasteiger partial charge in [-0.15, -0.1) is 0 Å². The van der Waals surface area contributed by atoms with Crippen molar-refractivity contribution in [1.29, 1.82) is 0 Å². The lowest BCUT2D eigenvalue weighted by Gasteiger charge is -2.16. The number of pyridine rings is 1. The summed E-state index contributed by atoms with van der Waals surface area (Å²) in [5, 5.41) is 3.31. The number of aromatic nitrogens is 1. The van der Waals surface area contributed by atoms with E-state index in [4.69, 9.17) is 0 Å². The van der Waals surface area contributed by atoms with Crippen molar-refractivity contribution in [2.24, 2.45) is 0 Å². The molecule has 2 rings (SSSR count). The van der Waals surface area contributed by atoms with Gasteiger partial charge in [0.25, 0.3) is 5.56 Å². The second-order valence-corrected chi connectivity index (χ2v) is 4.77. The zero-order chi connectivity index (χ0) is 13.1. The zero-order valence-electron chi connectivity index (χ0n) is 10.9. The smallest absolute Gasteiger partial charge is 0.251 e. The van der Waals surface area contributed by atoms with E-state index in [9.17, 15) is 9.59 Å². The molecule has 0 saturated carbocycles. The number of carbonyl (C=O) groups excluding carboxylic acids is 1. The van der Waals surface area contributed by atoms with Crippen LogP contribution in [0.25, 0.3) is 0 Å². The van der Waals surface area contributed by atoms with Gasteiger partial charge in [0.2, 0.25) is 5.91 Å². The quantitative estimate of drug-likeness (QED) is 0.777. The van der Waals surface area contributed by atoms with Gasteiger partial charge in [-0.25, -0.2) is 0 Å². The first kappa shape index (κ1) is 12.8. The fourth-order valence-corrected chi connectivity index (χ4v) is 2.19. The maximum absolute atomic E-state index is 11.9. The summed E-state index contributed by atoms with van der Waals surface area (Å²) in [5.74, 6) is -0.0530. The van der Waals surface area contributed by atoms with Crippen molar-refractivity contribution >= 4 is 5.91 Å². The average Bonchev–Trinajstić information content (AvgIpc) is 2.57. The van der Waals surface area contributed by atoms with Gasteiger partial charge in [-0.1, -0.05) is 6.07 Å². The van der Waals surface area contributed by atoms with Gasteiger partial charge in [-0.3, -0.25) is 9.59 Å². The first-order valence-electron chi connectivity index (χ1n) is 6.22. The molecule has 0 bridgehead atoms. The van der Waals surface area contributed by atoms with Gasteiger partial charge in [-0.05, 0) is 18.5 Å². The molecule has 0 radical (unpaired) electrons. The minimum absolute atomic E-state index is 0.0530. The first-order valence-corrected chi connectivity index (χ1v) is 6.22. The SMILES string of the molecule is CN(C)C(=O)Cn1c2c(ccc1=O)CCNCC2. The molecule has 2 heterocycles. The third-order valence-corrected chi connectivity index (χ3v) is 3.29.